The summed E-state index contributed by atoms with van der Waals surface area (Å²) in [5.41, 5.74) is 2.33. The lowest BCUT2D eigenvalue weighted by molar-refractivity contribution is 0.324. The lowest BCUT2D eigenvalue weighted by atomic mass is 10.00. The SMILES string of the molecule is OCC1=CCC(Cc2c[nH]c(=S)[nH]2)C1. The highest BCUT2D eigenvalue weighted by molar-refractivity contribution is 7.71. The van der Waals surface area contributed by atoms with Crippen LogP contribution in [0.2, 0.25) is 0 Å². The fraction of sp³-hybridized carbons (Fsp3) is 0.500. The summed E-state index contributed by atoms with van der Waals surface area (Å²) < 4.78 is 0.688. The zero-order valence-corrected chi connectivity index (χ0v) is 8.73. The van der Waals surface area contributed by atoms with E-state index in [1.54, 1.807) is 0 Å². The quantitative estimate of drug-likeness (QED) is 0.527. The minimum Gasteiger partial charge on any atom is -0.392 e. The van der Waals surface area contributed by atoms with Gasteiger partial charge in [-0.2, -0.15) is 0 Å². The van der Waals surface area contributed by atoms with Crippen LogP contribution in [0.15, 0.2) is 17.8 Å². The molecule has 1 atom stereocenters. The van der Waals surface area contributed by atoms with Crippen LogP contribution in [0.4, 0.5) is 0 Å². The van der Waals surface area contributed by atoms with Crippen LogP contribution < -0.4 is 0 Å². The van der Waals surface area contributed by atoms with Gasteiger partial charge in [0, 0.05) is 11.9 Å². The Morgan fingerprint density at radius 3 is 3.00 bits per heavy atom. The van der Waals surface area contributed by atoms with E-state index in [4.69, 9.17) is 17.3 Å². The fourth-order valence-corrected chi connectivity index (χ4v) is 2.14. The van der Waals surface area contributed by atoms with E-state index >= 15 is 0 Å². The van der Waals surface area contributed by atoms with Gasteiger partial charge in [0.2, 0.25) is 0 Å². The molecule has 4 heteroatoms. The van der Waals surface area contributed by atoms with Crippen LogP contribution in [-0.4, -0.2) is 21.7 Å². The molecule has 0 saturated heterocycles. The number of H-pyrrole nitrogens is 2. The summed E-state index contributed by atoms with van der Waals surface area (Å²) in [6, 6.07) is 0. The van der Waals surface area contributed by atoms with Crippen LogP contribution >= 0.6 is 12.2 Å². The first-order valence-corrected chi connectivity index (χ1v) is 5.24. The number of allylic oxidation sites excluding steroid dienone is 1. The molecule has 3 N–H and O–H groups in total. The molecule has 0 saturated carbocycles. The van der Waals surface area contributed by atoms with Gasteiger partial charge in [0.1, 0.15) is 0 Å². The normalized spacial score (nSPS) is 21.2. The maximum Gasteiger partial charge on any atom is 0.174 e. The summed E-state index contributed by atoms with van der Waals surface area (Å²) in [5.74, 6) is 0.624. The van der Waals surface area contributed by atoms with E-state index in [9.17, 15) is 0 Å². The van der Waals surface area contributed by atoms with Crippen LogP contribution in [0.5, 0.6) is 0 Å². The van der Waals surface area contributed by atoms with Gasteiger partial charge in [-0.1, -0.05) is 6.08 Å². The first-order chi connectivity index (χ1) is 6.78. The van der Waals surface area contributed by atoms with Crippen molar-refractivity contribution in [3.63, 3.8) is 0 Å². The largest absolute Gasteiger partial charge is 0.392 e. The average molecular weight is 210 g/mol. The number of aliphatic hydroxyl groups excluding tert-OH is 1. The molecule has 3 nitrogen and oxygen atoms in total. The van der Waals surface area contributed by atoms with Gasteiger partial charge in [0.15, 0.2) is 4.77 Å². The van der Waals surface area contributed by atoms with Crippen LogP contribution in [0.1, 0.15) is 18.5 Å². The zero-order valence-electron chi connectivity index (χ0n) is 7.92. The Kier molecular flexibility index (Phi) is 2.84. The van der Waals surface area contributed by atoms with Crippen LogP contribution in [0.25, 0.3) is 0 Å². The number of imidazole rings is 1. The lowest BCUT2D eigenvalue weighted by Gasteiger charge is -2.07. The summed E-state index contributed by atoms with van der Waals surface area (Å²) in [7, 11) is 0. The topological polar surface area (TPSA) is 51.8 Å². The van der Waals surface area contributed by atoms with E-state index in [1.165, 1.54) is 5.57 Å². The summed E-state index contributed by atoms with van der Waals surface area (Å²) in [6.45, 7) is 0.208. The smallest absolute Gasteiger partial charge is 0.174 e. The number of aromatic amines is 2. The second-order valence-electron chi connectivity index (χ2n) is 3.80. The first kappa shape index (κ1) is 9.68. The van der Waals surface area contributed by atoms with Crippen molar-refractivity contribution in [2.24, 2.45) is 5.92 Å². The third-order valence-corrected chi connectivity index (χ3v) is 2.87. The van der Waals surface area contributed by atoms with Gasteiger partial charge in [-0.25, -0.2) is 0 Å². The molecule has 0 aromatic carbocycles. The molecule has 0 aliphatic heterocycles. The fourth-order valence-electron chi connectivity index (χ4n) is 1.95. The molecule has 1 aliphatic carbocycles. The molecule has 1 aromatic heterocycles. The minimum absolute atomic E-state index is 0.208. The third kappa shape index (κ3) is 2.13. The van der Waals surface area contributed by atoms with Crippen molar-refractivity contribution in [1.29, 1.82) is 0 Å². The van der Waals surface area contributed by atoms with Gasteiger partial charge in [-0.15, -0.1) is 0 Å². The number of hydrogen-bond acceptors (Lipinski definition) is 2. The predicted octanol–water partition coefficient (Wildman–Crippen LogP) is 1.94. The van der Waals surface area contributed by atoms with E-state index < -0.39 is 0 Å². The third-order valence-electron chi connectivity index (χ3n) is 2.65. The zero-order chi connectivity index (χ0) is 9.97. The van der Waals surface area contributed by atoms with Gasteiger partial charge < -0.3 is 15.1 Å². The van der Waals surface area contributed by atoms with Crippen molar-refractivity contribution in [2.75, 3.05) is 6.61 Å². The highest BCUT2D eigenvalue weighted by Crippen LogP contribution is 2.26. The lowest BCUT2D eigenvalue weighted by Crippen LogP contribution is -2.01. The molecule has 0 amide bonds. The van der Waals surface area contributed by atoms with Crippen molar-refractivity contribution in [3.8, 4) is 0 Å². The van der Waals surface area contributed by atoms with Crippen molar-refractivity contribution in [2.45, 2.75) is 19.3 Å². The van der Waals surface area contributed by atoms with Crippen LogP contribution in [0.3, 0.4) is 0 Å². The number of rotatable bonds is 3. The Labute approximate surface area is 87.9 Å². The number of hydrogen-bond donors (Lipinski definition) is 3. The second kappa shape index (κ2) is 4.11. The molecule has 1 aromatic rings. The molecular weight excluding hydrogens is 196 g/mol. The standard InChI is InChI=1S/C10H14N2OS/c13-6-8-2-1-7(3-8)4-9-5-11-10(14)12-9/h2,5,7,13H,1,3-4,6H2,(H2,11,12,14). The molecule has 2 rings (SSSR count). The monoisotopic (exact) mass is 210 g/mol. The molecule has 0 radical (unpaired) electrons. The van der Waals surface area contributed by atoms with Crippen LogP contribution in [-0.2, 0) is 6.42 Å². The summed E-state index contributed by atoms with van der Waals surface area (Å²) in [6.07, 6.45) is 7.17. The first-order valence-electron chi connectivity index (χ1n) is 4.83. The highest BCUT2D eigenvalue weighted by Gasteiger charge is 2.17. The Hall–Kier alpha value is -0.870. The van der Waals surface area contributed by atoms with E-state index in [2.05, 4.69) is 16.0 Å². The van der Waals surface area contributed by atoms with Crippen molar-refractivity contribution in [1.82, 2.24) is 9.97 Å². The Bertz CT molecular complexity index is 391. The van der Waals surface area contributed by atoms with E-state index in [1.807, 2.05) is 6.20 Å². The highest BCUT2D eigenvalue weighted by atomic mass is 32.1. The molecule has 0 fully saturated rings. The Morgan fingerprint density at radius 1 is 1.57 bits per heavy atom. The Morgan fingerprint density at radius 2 is 2.43 bits per heavy atom. The maximum absolute atomic E-state index is 8.96. The number of nitrogens with one attached hydrogen (secondary N) is 2. The Balaban J connectivity index is 1.92. The molecule has 14 heavy (non-hydrogen) atoms. The average Bonchev–Trinajstić information content (AvgIpc) is 2.76. The molecule has 1 unspecified atom stereocenters. The number of aliphatic hydroxyl groups is 1. The molecule has 0 bridgehead atoms. The minimum atomic E-state index is 0.208. The maximum atomic E-state index is 8.96. The van der Waals surface area contributed by atoms with Gasteiger partial charge in [-0.05, 0) is 43.0 Å². The van der Waals surface area contributed by atoms with Gasteiger partial charge >= 0.3 is 0 Å². The molecule has 1 aliphatic rings. The predicted molar refractivity (Wildman–Crippen MR) is 57.6 cm³/mol. The van der Waals surface area contributed by atoms with E-state index in [0.29, 0.717) is 10.7 Å². The van der Waals surface area contributed by atoms with Gasteiger partial charge in [0.05, 0.1) is 6.61 Å². The van der Waals surface area contributed by atoms with Gasteiger partial charge in [-0.3, -0.25) is 0 Å². The summed E-state index contributed by atoms with van der Waals surface area (Å²) in [4.78, 5) is 6.07. The van der Waals surface area contributed by atoms with Crippen molar-refractivity contribution >= 4 is 12.2 Å². The molecule has 76 valence electrons. The van der Waals surface area contributed by atoms with Crippen LogP contribution in [0, 0.1) is 10.7 Å². The molecule has 0 spiro atoms. The molecule has 1 heterocycles. The summed E-state index contributed by atoms with van der Waals surface area (Å²) in [5, 5.41) is 8.96. The van der Waals surface area contributed by atoms with E-state index in [-0.39, 0.29) is 6.61 Å². The summed E-state index contributed by atoms with van der Waals surface area (Å²) >= 11 is 4.96. The van der Waals surface area contributed by atoms with Crippen molar-refractivity contribution < 1.29 is 5.11 Å². The van der Waals surface area contributed by atoms with Crippen molar-refractivity contribution in [3.05, 3.63) is 28.3 Å². The number of aromatic nitrogens is 2. The molecular formula is C10H14N2OS. The second-order valence-corrected chi connectivity index (χ2v) is 4.21. The van der Waals surface area contributed by atoms with Gasteiger partial charge in [0.25, 0.3) is 0 Å². The van der Waals surface area contributed by atoms with E-state index in [0.717, 1.165) is 25.0 Å².